The average Bonchev–Trinajstić information content (AvgIpc) is 2.91. The van der Waals surface area contributed by atoms with Crippen molar-refractivity contribution in [3.63, 3.8) is 0 Å². The van der Waals surface area contributed by atoms with Crippen molar-refractivity contribution in [2.75, 3.05) is 5.32 Å². The van der Waals surface area contributed by atoms with Gasteiger partial charge in [0.1, 0.15) is 5.58 Å². The number of pyridine rings is 1. The van der Waals surface area contributed by atoms with Crippen LogP contribution in [0.2, 0.25) is 0 Å². The third kappa shape index (κ3) is 2.64. The number of aryl methyl sites for hydroxylation is 1. The standard InChI is InChI=1S/C16H14N2O3/c1-10-2-3-14-12(6-10)7-15(21-14)16(20)18-13-8-17-5-4-11(13)9-19/h2-8,19H,9H2,1H3,(H,18,20). The Hall–Kier alpha value is -2.66. The van der Waals surface area contributed by atoms with Crippen molar-refractivity contribution in [1.82, 2.24) is 4.98 Å². The lowest BCUT2D eigenvalue weighted by Crippen LogP contribution is -2.12. The first-order valence-electron chi connectivity index (χ1n) is 6.52. The zero-order valence-electron chi connectivity index (χ0n) is 11.5. The van der Waals surface area contributed by atoms with E-state index in [1.54, 1.807) is 18.3 Å². The Morgan fingerprint density at radius 2 is 2.19 bits per heavy atom. The minimum absolute atomic E-state index is 0.169. The van der Waals surface area contributed by atoms with Crippen LogP contribution in [-0.4, -0.2) is 16.0 Å². The highest BCUT2D eigenvalue weighted by molar-refractivity contribution is 6.04. The summed E-state index contributed by atoms with van der Waals surface area (Å²) in [7, 11) is 0. The summed E-state index contributed by atoms with van der Waals surface area (Å²) in [5.41, 5.74) is 2.84. The summed E-state index contributed by atoms with van der Waals surface area (Å²) in [5, 5.41) is 12.8. The number of aliphatic hydroxyl groups excluding tert-OH is 1. The van der Waals surface area contributed by atoms with Crippen molar-refractivity contribution in [2.45, 2.75) is 13.5 Å². The molecule has 0 fully saturated rings. The van der Waals surface area contributed by atoms with Crippen LogP contribution in [0.3, 0.4) is 0 Å². The number of carbonyl (C=O) groups excluding carboxylic acids is 1. The Balaban J connectivity index is 1.90. The first kappa shape index (κ1) is 13.3. The summed E-state index contributed by atoms with van der Waals surface area (Å²) in [5.74, 6) is -0.144. The fourth-order valence-corrected chi connectivity index (χ4v) is 2.13. The van der Waals surface area contributed by atoms with Crippen LogP contribution in [0.25, 0.3) is 11.0 Å². The van der Waals surface area contributed by atoms with Crippen molar-refractivity contribution >= 4 is 22.6 Å². The molecule has 0 bridgehead atoms. The van der Waals surface area contributed by atoms with Gasteiger partial charge in [-0.25, -0.2) is 0 Å². The second-order valence-corrected chi connectivity index (χ2v) is 4.80. The fraction of sp³-hybridized carbons (Fsp3) is 0.125. The summed E-state index contributed by atoms with van der Waals surface area (Å²) < 4.78 is 5.54. The van der Waals surface area contributed by atoms with Crippen LogP contribution in [0.1, 0.15) is 21.7 Å². The minimum atomic E-state index is -0.369. The quantitative estimate of drug-likeness (QED) is 0.774. The predicted octanol–water partition coefficient (Wildman–Crippen LogP) is 2.88. The van der Waals surface area contributed by atoms with Crippen LogP contribution in [0, 0.1) is 6.92 Å². The number of hydrogen-bond acceptors (Lipinski definition) is 4. The lowest BCUT2D eigenvalue weighted by atomic mass is 10.2. The number of furan rings is 1. The van der Waals surface area contributed by atoms with Crippen molar-refractivity contribution in [1.29, 1.82) is 0 Å². The monoisotopic (exact) mass is 282 g/mol. The van der Waals surface area contributed by atoms with E-state index in [0.717, 1.165) is 10.9 Å². The smallest absolute Gasteiger partial charge is 0.291 e. The van der Waals surface area contributed by atoms with Gasteiger partial charge >= 0.3 is 0 Å². The molecule has 0 saturated carbocycles. The van der Waals surface area contributed by atoms with E-state index in [-0.39, 0.29) is 18.3 Å². The number of nitrogens with zero attached hydrogens (tertiary/aromatic N) is 1. The molecule has 106 valence electrons. The number of anilines is 1. The Kier molecular flexibility index (Phi) is 3.41. The summed E-state index contributed by atoms with van der Waals surface area (Å²) in [4.78, 5) is 16.2. The maximum Gasteiger partial charge on any atom is 0.291 e. The number of benzene rings is 1. The molecule has 1 aromatic carbocycles. The number of aliphatic hydroxyl groups is 1. The van der Waals surface area contributed by atoms with Gasteiger partial charge in [0.25, 0.3) is 5.91 Å². The normalized spacial score (nSPS) is 10.8. The van der Waals surface area contributed by atoms with E-state index < -0.39 is 0 Å². The van der Waals surface area contributed by atoms with Gasteiger partial charge in [-0.1, -0.05) is 11.6 Å². The number of hydrogen-bond donors (Lipinski definition) is 2. The molecule has 2 N–H and O–H groups in total. The third-order valence-electron chi connectivity index (χ3n) is 3.23. The first-order chi connectivity index (χ1) is 10.2. The average molecular weight is 282 g/mol. The zero-order valence-corrected chi connectivity index (χ0v) is 11.5. The second kappa shape index (κ2) is 5.38. The number of fused-ring (bicyclic) bond motifs is 1. The lowest BCUT2D eigenvalue weighted by Gasteiger charge is -2.06. The van der Waals surface area contributed by atoms with Gasteiger partial charge < -0.3 is 14.8 Å². The molecular formula is C16H14N2O3. The molecule has 0 saturated heterocycles. The van der Waals surface area contributed by atoms with Crippen molar-refractivity contribution in [2.24, 2.45) is 0 Å². The molecule has 21 heavy (non-hydrogen) atoms. The maximum absolute atomic E-state index is 12.2. The van der Waals surface area contributed by atoms with E-state index in [2.05, 4.69) is 10.3 Å². The molecule has 0 spiro atoms. The van der Waals surface area contributed by atoms with E-state index in [1.165, 1.54) is 6.20 Å². The van der Waals surface area contributed by atoms with Crippen molar-refractivity contribution in [3.05, 3.63) is 59.6 Å². The van der Waals surface area contributed by atoms with Crippen LogP contribution in [0.15, 0.2) is 47.1 Å². The summed E-state index contributed by atoms with van der Waals surface area (Å²) >= 11 is 0. The maximum atomic E-state index is 12.2. The number of nitrogens with one attached hydrogen (secondary N) is 1. The minimum Gasteiger partial charge on any atom is -0.451 e. The second-order valence-electron chi connectivity index (χ2n) is 4.80. The summed E-state index contributed by atoms with van der Waals surface area (Å²) in [6, 6.07) is 9.08. The number of carbonyl (C=O) groups is 1. The molecule has 3 rings (SSSR count). The van der Waals surface area contributed by atoms with Gasteiger partial charge in [0.2, 0.25) is 0 Å². The number of amides is 1. The van der Waals surface area contributed by atoms with Gasteiger partial charge in [-0.2, -0.15) is 0 Å². The molecule has 5 nitrogen and oxygen atoms in total. The molecule has 3 aromatic rings. The van der Waals surface area contributed by atoms with Gasteiger partial charge in [0, 0.05) is 17.1 Å². The Labute approximate surface area is 121 Å². The molecule has 0 atom stereocenters. The Morgan fingerprint density at radius 3 is 3.00 bits per heavy atom. The molecule has 0 unspecified atom stereocenters. The van der Waals surface area contributed by atoms with E-state index in [9.17, 15) is 9.90 Å². The van der Waals surface area contributed by atoms with Crippen LogP contribution in [-0.2, 0) is 6.61 Å². The SMILES string of the molecule is Cc1ccc2oc(C(=O)Nc3cnccc3CO)cc2c1. The largest absolute Gasteiger partial charge is 0.451 e. The third-order valence-corrected chi connectivity index (χ3v) is 3.23. The van der Waals surface area contributed by atoms with Crippen LogP contribution in [0.4, 0.5) is 5.69 Å². The van der Waals surface area contributed by atoms with Gasteiger partial charge in [-0.15, -0.1) is 0 Å². The van der Waals surface area contributed by atoms with Gasteiger partial charge in [-0.05, 0) is 31.2 Å². The van der Waals surface area contributed by atoms with Crippen molar-refractivity contribution < 1.29 is 14.3 Å². The van der Waals surface area contributed by atoms with Crippen molar-refractivity contribution in [3.8, 4) is 0 Å². The highest BCUT2D eigenvalue weighted by atomic mass is 16.3. The zero-order chi connectivity index (χ0) is 14.8. The molecule has 2 aromatic heterocycles. The molecule has 0 aliphatic heterocycles. The van der Waals surface area contributed by atoms with E-state index in [4.69, 9.17) is 4.42 Å². The predicted molar refractivity (Wildman–Crippen MR) is 79.1 cm³/mol. The van der Waals surface area contributed by atoms with Gasteiger partial charge in [0.15, 0.2) is 5.76 Å². The molecule has 0 aliphatic carbocycles. The van der Waals surface area contributed by atoms with Gasteiger partial charge in [-0.3, -0.25) is 9.78 Å². The van der Waals surface area contributed by atoms with E-state index in [1.807, 2.05) is 25.1 Å². The van der Waals surface area contributed by atoms with Gasteiger partial charge in [0.05, 0.1) is 18.5 Å². The highest BCUT2D eigenvalue weighted by Crippen LogP contribution is 2.22. The molecule has 5 heteroatoms. The molecule has 1 amide bonds. The molecule has 0 aliphatic rings. The van der Waals surface area contributed by atoms with Crippen LogP contribution >= 0.6 is 0 Å². The van der Waals surface area contributed by atoms with Crippen LogP contribution < -0.4 is 5.32 Å². The Morgan fingerprint density at radius 1 is 1.33 bits per heavy atom. The summed E-state index contributed by atoms with van der Waals surface area (Å²) in [6.07, 6.45) is 3.06. The first-order valence-corrected chi connectivity index (χ1v) is 6.52. The van der Waals surface area contributed by atoms with E-state index >= 15 is 0 Å². The Bertz CT molecular complexity index is 808. The molecule has 2 heterocycles. The molecule has 0 radical (unpaired) electrons. The topological polar surface area (TPSA) is 75.4 Å². The summed E-state index contributed by atoms with van der Waals surface area (Å²) in [6.45, 7) is 1.81. The number of aromatic nitrogens is 1. The number of rotatable bonds is 3. The van der Waals surface area contributed by atoms with Crippen LogP contribution in [0.5, 0.6) is 0 Å². The lowest BCUT2D eigenvalue weighted by molar-refractivity contribution is 0.0998. The van der Waals surface area contributed by atoms with E-state index in [0.29, 0.717) is 16.8 Å². The highest BCUT2D eigenvalue weighted by Gasteiger charge is 2.14. The molecular weight excluding hydrogens is 268 g/mol. The fourth-order valence-electron chi connectivity index (χ4n) is 2.13.